The smallest absolute Gasteiger partial charge is 0.313 e. The Kier molecular flexibility index (Phi) is 4.84. The maximum atomic E-state index is 11.6. The maximum Gasteiger partial charge on any atom is 0.313 e. The first-order valence-electron chi connectivity index (χ1n) is 4.73. The molecule has 0 spiro atoms. The van der Waals surface area contributed by atoms with Gasteiger partial charge in [0.05, 0.1) is 13.0 Å². The van der Waals surface area contributed by atoms with Crippen molar-refractivity contribution in [2.75, 3.05) is 7.11 Å². The molecule has 1 rings (SSSR count). The lowest BCUT2D eigenvalue weighted by atomic mass is 9.96. The molecule has 0 aliphatic heterocycles. The fourth-order valence-electron chi connectivity index (χ4n) is 1.44. The Balaban J connectivity index is 3.10. The first-order chi connectivity index (χ1) is 7.60. The van der Waals surface area contributed by atoms with Crippen molar-refractivity contribution < 1.29 is 9.53 Å². The molecule has 0 fully saturated rings. The standard InChI is InChI=1S/C12H12Cl2O2/c1-3-4-10(12(15)16-2)9-6-5-8(13)7-11(9)14/h3,5-7,10H,1,4H2,2H3. The summed E-state index contributed by atoms with van der Waals surface area (Å²) in [7, 11) is 1.35. The van der Waals surface area contributed by atoms with Crippen LogP contribution < -0.4 is 0 Å². The van der Waals surface area contributed by atoms with Crippen molar-refractivity contribution >= 4 is 29.2 Å². The second-order valence-corrected chi connectivity index (χ2v) is 4.11. The van der Waals surface area contributed by atoms with Crippen molar-refractivity contribution in [3.05, 3.63) is 46.5 Å². The number of benzene rings is 1. The van der Waals surface area contributed by atoms with E-state index in [0.29, 0.717) is 22.0 Å². The number of ether oxygens (including phenoxy) is 1. The Hall–Kier alpha value is -0.990. The van der Waals surface area contributed by atoms with E-state index in [9.17, 15) is 4.79 Å². The minimum absolute atomic E-state index is 0.330. The fourth-order valence-corrected chi connectivity index (χ4v) is 1.98. The van der Waals surface area contributed by atoms with Gasteiger partial charge in [0.1, 0.15) is 0 Å². The lowest BCUT2D eigenvalue weighted by Crippen LogP contribution is -2.14. The van der Waals surface area contributed by atoms with Gasteiger partial charge < -0.3 is 4.74 Å². The number of carbonyl (C=O) groups is 1. The Labute approximate surface area is 105 Å². The van der Waals surface area contributed by atoms with Crippen LogP contribution in [0, 0.1) is 0 Å². The van der Waals surface area contributed by atoms with Gasteiger partial charge in [-0.05, 0) is 24.1 Å². The summed E-state index contributed by atoms with van der Waals surface area (Å²) in [5.74, 6) is -0.753. The van der Waals surface area contributed by atoms with Gasteiger partial charge in [0.2, 0.25) is 0 Å². The second-order valence-electron chi connectivity index (χ2n) is 3.27. The van der Waals surface area contributed by atoms with Gasteiger partial charge in [-0.3, -0.25) is 4.79 Å². The number of carbonyl (C=O) groups excluding carboxylic acids is 1. The van der Waals surface area contributed by atoms with Gasteiger partial charge in [-0.1, -0.05) is 35.3 Å². The number of methoxy groups -OCH3 is 1. The fraction of sp³-hybridized carbons (Fsp3) is 0.250. The van der Waals surface area contributed by atoms with Gasteiger partial charge in [-0.25, -0.2) is 0 Å². The lowest BCUT2D eigenvalue weighted by molar-refractivity contribution is -0.142. The van der Waals surface area contributed by atoms with E-state index in [2.05, 4.69) is 6.58 Å². The second kappa shape index (κ2) is 5.92. The maximum absolute atomic E-state index is 11.6. The normalized spacial score (nSPS) is 11.9. The van der Waals surface area contributed by atoms with Crippen LogP contribution in [-0.4, -0.2) is 13.1 Å². The molecule has 1 aromatic carbocycles. The van der Waals surface area contributed by atoms with Crippen molar-refractivity contribution in [3.8, 4) is 0 Å². The molecule has 0 aliphatic carbocycles. The third-order valence-electron chi connectivity index (χ3n) is 2.23. The number of hydrogen-bond donors (Lipinski definition) is 0. The lowest BCUT2D eigenvalue weighted by Gasteiger charge is -2.14. The van der Waals surface area contributed by atoms with Crippen molar-refractivity contribution in [3.63, 3.8) is 0 Å². The average molecular weight is 259 g/mol. The van der Waals surface area contributed by atoms with Crippen LogP contribution in [0.1, 0.15) is 17.9 Å². The van der Waals surface area contributed by atoms with Crippen LogP contribution in [0.5, 0.6) is 0 Å². The molecule has 0 saturated heterocycles. The molecule has 86 valence electrons. The van der Waals surface area contributed by atoms with Gasteiger partial charge in [0.25, 0.3) is 0 Å². The molecular weight excluding hydrogens is 247 g/mol. The van der Waals surface area contributed by atoms with Gasteiger partial charge in [0.15, 0.2) is 0 Å². The van der Waals surface area contributed by atoms with Gasteiger partial charge >= 0.3 is 5.97 Å². The minimum atomic E-state index is -0.424. The zero-order valence-corrected chi connectivity index (χ0v) is 10.4. The van der Waals surface area contributed by atoms with E-state index < -0.39 is 5.92 Å². The Morgan fingerprint density at radius 1 is 1.56 bits per heavy atom. The number of esters is 1. The Bertz CT molecular complexity index is 402. The number of hydrogen-bond acceptors (Lipinski definition) is 2. The van der Waals surface area contributed by atoms with Crippen molar-refractivity contribution in [2.24, 2.45) is 0 Å². The molecule has 2 nitrogen and oxygen atoms in total. The van der Waals surface area contributed by atoms with Gasteiger partial charge in [0, 0.05) is 10.0 Å². The predicted octanol–water partition coefficient (Wildman–Crippen LogP) is 3.83. The summed E-state index contributed by atoms with van der Waals surface area (Å²) in [5, 5.41) is 1.00. The molecule has 0 N–H and O–H groups in total. The van der Waals surface area contributed by atoms with Crippen LogP contribution in [0.15, 0.2) is 30.9 Å². The number of halogens is 2. The molecule has 16 heavy (non-hydrogen) atoms. The highest BCUT2D eigenvalue weighted by Gasteiger charge is 2.22. The van der Waals surface area contributed by atoms with E-state index in [-0.39, 0.29) is 5.97 Å². The zero-order valence-electron chi connectivity index (χ0n) is 8.87. The molecule has 1 atom stereocenters. The molecule has 1 aromatic rings. The minimum Gasteiger partial charge on any atom is -0.469 e. The summed E-state index contributed by atoms with van der Waals surface area (Å²) in [6.07, 6.45) is 2.14. The van der Waals surface area contributed by atoms with Gasteiger partial charge in [-0.2, -0.15) is 0 Å². The van der Waals surface area contributed by atoms with Crippen LogP contribution in [0.25, 0.3) is 0 Å². The molecule has 1 unspecified atom stereocenters. The molecule has 0 amide bonds. The Morgan fingerprint density at radius 3 is 2.75 bits per heavy atom. The van der Waals surface area contributed by atoms with Crippen molar-refractivity contribution in [1.82, 2.24) is 0 Å². The highest BCUT2D eigenvalue weighted by molar-refractivity contribution is 6.35. The average Bonchev–Trinajstić information content (AvgIpc) is 2.26. The summed E-state index contributed by atoms with van der Waals surface area (Å²) < 4.78 is 4.73. The molecule has 0 heterocycles. The summed E-state index contributed by atoms with van der Waals surface area (Å²) in [4.78, 5) is 11.6. The van der Waals surface area contributed by atoms with Crippen LogP contribution in [0.3, 0.4) is 0 Å². The molecule has 0 bridgehead atoms. The molecule has 0 saturated carbocycles. The molecule has 4 heteroatoms. The summed E-state index contributed by atoms with van der Waals surface area (Å²) in [5.41, 5.74) is 0.706. The van der Waals surface area contributed by atoms with E-state index in [1.54, 1.807) is 24.3 Å². The highest BCUT2D eigenvalue weighted by Crippen LogP contribution is 2.30. The largest absolute Gasteiger partial charge is 0.469 e. The summed E-state index contributed by atoms with van der Waals surface area (Å²) in [6, 6.07) is 5.04. The Morgan fingerprint density at radius 2 is 2.25 bits per heavy atom. The van der Waals surface area contributed by atoms with E-state index in [4.69, 9.17) is 27.9 Å². The molecular formula is C12H12Cl2O2. The van der Waals surface area contributed by atoms with E-state index in [1.807, 2.05) is 0 Å². The van der Waals surface area contributed by atoms with Gasteiger partial charge in [-0.15, -0.1) is 6.58 Å². The summed E-state index contributed by atoms with van der Waals surface area (Å²) >= 11 is 11.8. The van der Waals surface area contributed by atoms with Crippen LogP contribution >= 0.6 is 23.2 Å². The predicted molar refractivity (Wildman–Crippen MR) is 66.0 cm³/mol. The SMILES string of the molecule is C=CCC(C(=O)OC)c1ccc(Cl)cc1Cl. The van der Waals surface area contributed by atoms with E-state index in [0.717, 1.165) is 0 Å². The number of allylic oxidation sites excluding steroid dienone is 1. The monoisotopic (exact) mass is 258 g/mol. The molecule has 0 aliphatic rings. The van der Waals surface area contributed by atoms with E-state index >= 15 is 0 Å². The first-order valence-corrected chi connectivity index (χ1v) is 5.49. The van der Waals surface area contributed by atoms with Crippen LogP contribution in [-0.2, 0) is 9.53 Å². The molecule has 0 radical (unpaired) electrons. The van der Waals surface area contributed by atoms with E-state index in [1.165, 1.54) is 7.11 Å². The van der Waals surface area contributed by atoms with Crippen molar-refractivity contribution in [2.45, 2.75) is 12.3 Å². The van der Waals surface area contributed by atoms with Crippen LogP contribution in [0.2, 0.25) is 10.0 Å². The summed E-state index contributed by atoms with van der Waals surface area (Å²) in [6.45, 7) is 3.61. The topological polar surface area (TPSA) is 26.3 Å². The highest BCUT2D eigenvalue weighted by atomic mass is 35.5. The first kappa shape index (κ1) is 13.1. The zero-order chi connectivity index (χ0) is 12.1. The molecule has 0 aromatic heterocycles. The third kappa shape index (κ3) is 3.00. The van der Waals surface area contributed by atoms with Crippen molar-refractivity contribution in [1.29, 1.82) is 0 Å². The van der Waals surface area contributed by atoms with Crippen LogP contribution in [0.4, 0.5) is 0 Å². The quantitative estimate of drug-likeness (QED) is 0.606. The third-order valence-corrected chi connectivity index (χ3v) is 2.79. The number of rotatable bonds is 4.